The van der Waals surface area contributed by atoms with Crippen molar-refractivity contribution in [3.8, 4) is 23.0 Å². The highest BCUT2D eigenvalue weighted by Crippen LogP contribution is 2.29. The number of para-hydroxylation sites is 1. The molecule has 0 amide bonds. The van der Waals surface area contributed by atoms with E-state index in [0.29, 0.717) is 30.9 Å². The average molecular weight is 437 g/mol. The number of Topliss-reactive ketones (excluding diaryl/α,β-unsaturated/α-hetero) is 1. The zero-order valence-electron chi connectivity index (χ0n) is 18.6. The number of hydrogen-bond acceptors (Lipinski definition) is 4. The Morgan fingerprint density at radius 2 is 1.66 bits per heavy atom. The van der Waals surface area contributed by atoms with E-state index in [1.807, 2.05) is 48.5 Å². The minimum atomic E-state index is -0.442. The summed E-state index contributed by atoms with van der Waals surface area (Å²) >= 11 is 0. The molecule has 0 atom stereocenters. The van der Waals surface area contributed by atoms with E-state index < -0.39 is 5.82 Å². The molecule has 3 aromatic rings. The summed E-state index contributed by atoms with van der Waals surface area (Å²) in [7, 11) is 0. The molecular formula is C27H29FO4. The van der Waals surface area contributed by atoms with Gasteiger partial charge in [0.2, 0.25) is 0 Å². The minimum absolute atomic E-state index is 0.0836. The highest BCUT2D eigenvalue weighted by atomic mass is 19.1. The monoisotopic (exact) mass is 436 g/mol. The third-order valence-electron chi connectivity index (χ3n) is 4.84. The van der Waals surface area contributed by atoms with Crippen LogP contribution in [-0.2, 0) is 17.8 Å². The number of unbranched alkanes of at least 4 members (excludes halogenated alkanes) is 1. The molecule has 0 aliphatic rings. The summed E-state index contributed by atoms with van der Waals surface area (Å²) in [5, 5.41) is 0. The second-order valence-corrected chi connectivity index (χ2v) is 7.69. The second kappa shape index (κ2) is 11.9. The largest absolute Gasteiger partial charge is 0.493 e. The number of rotatable bonds is 12. The van der Waals surface area contributed by atoms with Gasteiger partial charge in [0.1, 0.15) is 29.6 Å². The molecular weight excluding hydrogens is 407 g/mol. The van der Waals surface area contributed by atoms with Crippen molar-refractivity contribution in [2.75, 3.05) is 6.61 Å². The first-order chi connectivity index (χ1) is 15.5. The fourth-order valence-corrected chi connectivity index (χ4v) is 3.11. The molecule has 0 N–H and O–H groups in total. The number of aryl methyl sites for hydroxylation is 1. The van der Waals surface area contributed by atoms with E-state index in [1.54, 1.807) is 12.1 Å². The van der Waals surface area contributed by atoms with Crippen LogP contribution in [0.4, 0.5) is 4.39 Å². The summed E-state index contributed by atoms with van der Waals surface area (Å²) in [6, 6.07) is 19.9. The van der Waals surface area contributed by atoms with Crippen LogP contribution in [0.2, 0.25) is 0 Å². The highest BCUT2D eigenvalue weighted by Gasteiger charge is 2.09. The highest BCUT2D eigenvalue weighted by molar-refractivity contribution is 5.75. The molecule has 3 rings (SSSR count). The number of ether oxygens (including phenoxy) is 3. The lowest BCUT2D eigenvalue weighted by Gasteiger charge is -2.13. The standard InChI is InChI=1S/C27H29FO4/c1-3-4-14-30-24-15-22(16-25(18-24)32-23-8-6-5-7-9-23)19-31-27-13-12-21(17-26(27)28)11-10-20(2)29/h5-9,12-13,15-18H,3-4,10-11,14,19H2,1-2H3. The number of halogens is 1. The number of ketones is 1. The maximum absolute atomic E-state index is 14.5. The van der Waals surface area contributed by atoms with Crippen molar-refractivity contribution in [3.63, 3.8) is 0 Å². The molecule has 0 aliphatic carbocycles. The second-order valence-electron chi connectivity index (χ2n) is 7.69. The zero-order valence-corrected chi connectivity index (χ0v) is 18.6. The van der Waals surface area contributed by atoms with Crippen molar-refractivity contribution in [1.29, 1.82) is 0 Å². The Morgan fingerprint density at radius 1 is 0.875 bits per heavy atom. The third kappa shape index (κ3) is 7.41. The van der Waals surface area contributed by atoms with E-state index in [9.17, 15) is 9.18 Å². The summed E-state index contributed by atoms with van der Waals surface area (Å²) in [5.41, 5.74) is 1.58. The van der Waals surface area contributed by atoms with Crippen molar-refractivity contribution < 1.29 is 23.4 Å². The lowest BCUT2D eigenvalue weighted by molar-refractivity contribution is -0.116. The molecule has 0 unspecified atom stereocenters. The van der Waals surface area contributed by atoms with Gasteiger partial charge in [-0.1, -0.05) is 37.6 Å². The first kappa shape index (κ1) is 23.3. The Balaban J connectivity index is 1.72. The molecule has 32 heavy (non-hydrogen) atoms. The van der Waals surface area contributed by atoms with Gasteiger partial charge in [0.15, 0.2) is 11.6 Å². The van der Waals surface area contributed by atoms with Gasteiger partial charge >= 0.3 is 0 Å². The average Bonchev–Trinajstić information content (AvgIpc) is 2.78. The summed E-state index contributed by atoms with van der Waals surface area (Å²) < 4.78 is 32.0. The predicted octanol–water partition coefficient (Wildman–Crippen LogP) is 6.90. The van der Waals surface area contributed by atoms with Gasteiger partial charge in [-0.2, -0.15) is 0 Å². The van der Waals surface area contributed by atoms with E-state index in [-0.39, 0.29) is 18.1 Å². The van der Waals surface area contributed by atoms with Crippen LogP contribution in [0.5, 0.6) is 23.0 Å². The molecule has 0 saturated heterocycles. The molecule has 0 fully saturated rings. The van der Waals surface area contributed by atoms with Crippen LogP contribution in [0.3, 0.4) is 0 Å². The van der Waals surface area contributed by atoms with Gasteiger partial charge in [0, 0.05) is 12.5 Å². The van der Waals surface area contributed by atoms with E-state index in [1.165, 1.54) is 13.0 Å². The van der Waals surface area contributed by atoms with Gasteiger partial charge in [-0.05, 0) is 67.3 Å². The van der Waals surface area contributed by atoms with Crippen LogP contribution in [0, 0.1) is 5.82 Å². The smallest absolute Gasteiger partial charge is 0.165 e. The molecule has 4 nitrogen and oxygen atoms in total. The Morgan fingerprint density at radius 3 is 2.38 bits per heavy atom. The third-order valence-corrected chi connectivity index (χ3v) is 4.84. The normalized spacial score (nSPS) is 10.6. The van der Waals surface area contributed by atoms with Gasteiger partial charge in [0.05, 0.1) is 6.61 Å². The van der Waals surface area contributed by atoms with Crippen molar-refractivity contribution >= 4 is 5.78 Å². The van der Waals surface area contributed by atoms with Crippen LogP contribution in [-0.4, -0.2) is 12.4 Å². The summed E-state index contributed by atoms with van der Waals surface area (Å²) in [5.74, 6) is 1.84. The SMILES string of the molecule is CCCCOc1cc(COc2ccc(CCC(C)=O)cc2F)cc(Oc2ccccc2)c1. The Kier molecular flexibility index (Phi) is 8.67. The van der Waals surface area contributed by atoms with Crippen LogP contribution < -0.4 is 14.2 Å². The van der Waals surface area contributed by atoms with Gasteiger partial charge in [-0.25, -0.2) is 4.39 Å². The zero-order chi connectivity index (χ0) is 22.8. The van der Waals surface area contributed by atoms with Crippen LogP contribution in [0.25, 0.3) is 0 Å². The van der Waals surface area contributed by atoms with Gasteiger partial charge in [0.25, 0.3) is 0 Å². The molecule has 0 heterocycles. The van der Waals surface area contributed by atoms with Crippen molar-refractivity contribution in [3.05, 3.63) is 83.7 Å². The molecule has 3 aromatic carbocycles. The summed E-state index contributed by atoms with van der Waals surface area (Å²) in [6.45, 7) is 4.42. The van der Waals surface area contributed by atoms with Crippen LogP contribution in [0.15, 0.2) is 66.7 Å². The first-order valence-electron chi connectivity index (χ1n) is 10.9. The van der Waals surface area contributed by atoms with Crippen molar-refractivity contribution in [2.45, 2.75) is 46.1 Å². The Bertz CT molecular complexity index is 1020. The van der Waals surface area contributed by atoms with E-state index in [4.69, 9.17) is 14.2 Å². The number of hydrogen-bond donors (Lipinski definition) is 0. The number of carbonyl (C=O) groups is 1. The topological polar surface area (TPSA) is 44.8 Å². The molecule has 0 aromatic heterocycles. The molecule has 5 heteroatoms. The number of benzene rings is 3. The minimum Gasteiger partial charge on any atom is -0.493 e. The first-order valence-corrected chi connectivity index (χ1v) is 10.9. The molecule has 0 aliphatic heterocycles. The van der Waals surface area contributed by atoms with Crippen molar-refractivity contribution in [1.82, 2.24) is 0 Å². The lowest BCUT2D eigenvalue weighted by Crippen LogP contribution is -2.02. The quantitative estimate of drug-likeness (QED) is 0.290. The molecule has 168 valence electrons. The maximum atomic E-state index is 14.5. The van der Waals surface area contributed by atoms with Gasteiger partial charge in [-0.3, -0.25) is 0 Å². The molecule has 0 bridgehead atoms. The van der Waals surface area contributed by atoms with E-state index in [2.05, 4.69) is 6.92 Å². The molecule has 0 radical (unpaired) electrons. The van der Waals surface area contributed by atoms with Gasteiger partial charge < -0.3 is 19.0 Å². The fourth-order valence-electron chi connectivity index (χ4n) is 3.11. The lowest BCUT2D eigenvalue weighted by atomic mass is 10.1. The molecule has 0 spiro atoms. The Labute approximate surface area is 188 Å². The summed E-state index contributed by atoms with van der Waals surface area (Å²) in [4.78, 5) is 11.1. The maximum Gasteiger partial charge on any atom is 0.165 e. The number of carbonyl (C=O) groups excluding carboxylic acids is 1. The van der Waals surface area contributed by atoms with Crippen molar-refractivity contribution in [2.24, 2.45) is 0 Å². The van der Waals surface area contributed by atoms with Gasteiger partial charge in [-0.15, -0.1) is 0 Å². The predicted molar refractivity (Wildman–Crippen MR) is 123 cm³/mol. The van der Waals surface area contributed by atoms with E-state index >= 15 is 0 Å². The van der Waals surface area contributed by atoms with Crippen LogP contribution >= 0.6 is 0 Å². The summed E-state index contributed by atoms with van der Waals surface area (Å²) in [6.07, 6.45) is 2.91. The van der Waals surface area contributed by atoms with Crippen LogP contribution in [0.1, 0.15) is 44.2 Å². The fraction of sp³-hybridized carbons (Fsp3) is 0.296. The molecule has 0 saturated carbocycles. The van der Waals surface area contributed by atoms with E-state index in [0.717, 1.165) is 29.7 Å². The Hall–Kier alpha value is -3.34.